The molecule has 0 aliphatic rings. The van der Waals surface area contributed by atoms with Crippen LogP contribution in [0.15, 0.2) is 85.1 Å². The van der Waals surface area contributed by atoms with Crippen molar-refractivity contribution in [1.29, 1.82) is 0 Å². The van der Waals surface area contributed by atoms with E-state index in [-0.39, 0.29) is 0 Å². The van der Waals surface area contributed by atoms with Gasteiger partial charge in [-0.05, 0) is 54.3 Å². The van der Waals surface area contributed by atoms with Crippen molar-refractivity contribution < 1.29 is 0 Å². The van der Waals surface area contributed by atoms with Crippen LogP contribution in [0.5, 0.6) is 0 Å². The smallest absolute Gasteiger partial charge is 0.115 e. The minimum atomic E-state index is -0.536. The zero-order chi connectivity index (χ0) is 22.1. The second-order valence-electron chi connectivity index (χ2n) is 8.32. The molecule has 0 radical (unpaired) electrons. The lowest BCUT2D eigenvalue weighted by molar-refractivity contribution is 0.329. The number of nitrogens with two attached hydrogens (primary N) is 1. The van der Waals surface area contributed by atoms with E-state index in [0.29, 0.717) is 11.6 Å². The Balaban J connectivity index is 1.64. The molecule has 3 N–H and O–H groups in total. The molecule has 1 aromatic heterocycles. The standard InChI is InChI=1S/C26H25ClIN3/c1-25(2,29)26(28,23-14-15-30-24-16-21(27)12-13-22(23)24)31-17-18-8-10-20(11-9-18)19-6-4-3-5-7-19/h3-16,31H,17,29H2,1-2H3. The number of nitrogens with one attached hydrogen (secondary N) is 1. The van der Waals surface area contributed by atoms with E-state index in [0.717, 1.165) is 16.5 Å². The molecule has 0 fully saturated rings. The molecule has 0 amide bonds. The van der Waals surface area contributed by atoms with Gasteiger partial charge in [-0.3, -0.25) is 10.3 Å². The lowest BCUT2D eigenvalue weighted by Crippen LogP contribution is -2.58. The number of aromatic nitrogens is 1. The van der Waals surface area contributed by atoms with Gasteiger partial charge < -0.3 is 5.73 Å². The molecule has 0 saturated heterocycles. The summed E-state index contributed by atoms with van der Waals surface area (Å²) in [7, 11) is 0. The van der Waals surface area contributed by atoms with Gasteiger partial charge in [-0.1, -0.05) is 94.9 Å². The Morgan fingerprint density at radius 1 is 0.935 bits per heavy atom. The van der Waals surface area contributed by atoms with Crippen LogP contribution in [0.3, 0.4) is 0 Å². The highest BCUT2D eigenvalue weighted by atomic mass is 127. The molecule has 0 saturated carbocycles. The number of halogens is 2. The second kappa shape index (κ2) is 8.87. The lowest BCUT2D eigenvalue weighted by atomic mass is 9.87. The van der Waals surface area contributed by atoms with Crippen molar-refractivity contribution in [1.82, 2.24) is 10.3 Å². The summed E-state index contributed by atoms with van der Waals surface area (Å²) in [6.07, 6.45) is 1.82. The first-order valence-corrected chi connectivity index (χ1v) is 11.7. The number of nitrogens with zero attached hydrogens (tertiary/aromatic N) is 1. The average molecular weight is 542 g/mol. The van der Waals surface area contributed by atoms with Crippen molar-refractivity contribution >= 4 is 45.1 Å². The van der Waals surface area contributed by atoms with Gasteiger partial charge in [-0.25, -0.2) is 0 Å². The largest absolute Gasteiger partial charge is 0.323 e. The van der Waals surface area contributed by atoms with Gasteiger partial charge in [-0.15, -0.1) is 0 Å². The third-order valence-electron chi connectivity index (χ3n) is 5.56. The van der Waals surface area contributed by atoms with E-state index in [2.05, 4.69) is 81.4 Å². The van der Waals surface area contributed by atoms with Crippen LogP contribution in [0.4, 0.5) is 0 Å². The molecule has 1 heterocycles. The highest BCUT2D eigenvalue weighted by Gasteiger charge is 2.42. The summed E-state index contributed by atoms with van der Waals surface area (Å²) >= 11 is 8.64. The summed E-state index contributed by atoms with van der Waals surface area (Å²) in [5, 5.41) is 5.46. The van der Waals surface area contributed by atoms with Gasteiger partial charge in [0, 0.05) is 28.7 Å². The molecule has 0 bridgehead atoms. The molecule has 3 aromatic carbocycles. The molecule has 4 rings (SSSR count). The van der Waals surface area contributed by atoms with Crippen LogP contribution in [0.1, 0.15) is 25.0 Å². The van der Waals surface area contributed by atoms with Gasteiger partial charge in [0.15, 0.2) is 0 Å². The van der Waals surface area contributed by atoms with Crippen LogP contribution in [0, 0.1) is 0 Å². The molecule has 1 unspecified atom stereocenters. The Morgan fingerprint density at radius 3 is 2.29 bits per heavy atom. The molecular weight excluding hydrogens is 517 g/mol. The summed E-state index contributed by atoms with van der Waals surface area (Å²) in [6, 6.07) is 26.9. The summed E-state index contributed by atoms with van der Waals surface area (Å²) in [5.74, 6) is 0. The van der Waals surface area contributed by atoms with E-state index in [1.807, 2.05) is 50.4 Å². The fourth-order valence-corrected chi connectivity index (χ4v) is 4.59. The van der Waals surface area contributed by atoms with Gasteiger partial charge in [0.2, 0.25) is 0 Å². The molecule has 5 heteroatoms. The number of alkyl halides is 1. The van der Waals surface area contributed by atoms with E-state index in [1.165, 1.54) is 16.7 Å². The van der Waals surface area contributed by atoms with Crippen molar-refractivity contribution in [3.8, 4) is 11.1 Å². The maximum atomic E-state index is 6.71. The second-order valence-corrected chi connectivity index (χ2v) is 10.4. The fraction of sp³-hybridized carbons (Fsp3) is 0.192. The van der Waals surface area contributed by atoms with Crippen LogP contribution in [-0.2, 0) is 10.1 Å². The highest BCUT2D eigenvalue weighted by Crippen LogP contribution is 2.41. The predicted octanol–water partition coefficient (Wildman–Crippen LogP) is 6.67. The van der Waals surface area contributed by atoms with Crippen molar-refractivity contribution in [3.05, 3.63) is 101 Å². The van der Waals surface area contributed by atoms with Gasteiger partial charge >= 0.3 is 0 Å². The van der Waals surface area contributed by atoms with Crippen LogP contribution < -0.4 is 11.1 Å². The Labute approximate surface area is 202 Å². The molecule has 31 heavy (non-hydrogen) atoms. The molecule has 3 nitrogen and oxygen atoms in total. The number of hydrogen-bond acceptors (Lipinski definition) is 3. The zero-order valence-electron chi connectivity index (χ0n) is 17.6. The number of fused-ring (bicyclic) bond motifs is 1. The van der Waals surface area contributed by atoms with Crippen LogP contribution in [0.2, 0.25) is 5.02 Å². The fourth-order valence-electron chi connectivity index (χ4n) is 3.76. The molecule has 0 aliphatic heterocycles. The average Bonchev–Trinajstić information content (AvgIpc) is 2.77. The SMILES string of the molecule is CC(C)(N)C(I)(NCc1ccc(-c2ccccc2)cc1)c1ccnc2cc(Cl)ccc12. The zero-order valence-corrected chi connectivity index (χ0v) is 20.5. The molecular formula is C26H25ClIN3. The van der Waals surface area contributed by atoms with Crippen molar-refractivity contribution in [3.63, 3.8) is 0 Å². The van der Waals surface area contributed by atoms with E-state index < -0.39 is 9.08 Å². The maximum absolute atomic E-state index is 6.71. The minimum Gasteiger partial charge on any atom is -0.323 e. The Morgan fingerprint density at radius 2 is 1.61 bits per heavy atom. The summed E-state index contributed by atoms with van der Waals surface area (Å²) in [5.41, 5.74) is 11.8. The molecule has 0 aliphatic carbocycles. The van der Waals surface area contributed by atoms with Gasteiger partial charge in [0.1, 0.15) is 3.55 Å². The first kappa shape index (κ1) is 22.2. The highest BCUT2D eigenvalue weighted by molar-refractivity contribution is 14.1. The Bertz CT molecular complexity index is 1190. The number of pyridine rings is 1. The van der Waals surface area contributed by atoms with Crippen LogP contribution >= 0.6 is 34.2 Å². The molecule has 158 valence electrons. The minimum absolute atomic E-state index is 0.516. The van der Waals surface area contributed by atoms with E-state index in [1.54, 1.807) is 0 Å². The first-order chi connectivity index (χ1) is 14.8. The lowest BCUT2D eigenvalue weighted by Gasteiger charge is -2.42. The predicted molar refractivity (Wildman–Crippen MR) is 139 cm³/mol. The number of rotatable bonds is 6. The monoisotopic (exact) mass is 541 g/mol. The first-order valence-electron chi connectivity index (χ1n) is 10.2. The third kappa shape index (κ3) is 4.62. The maximum Gasteiger partial charge on any atom is 0.115 e. The Hall–Kier alpha value is -1.99. The van der Waals surface area contributed by atoms with Crippen LogP contribution in [-0.4, -0.2) is 10.5 Å². The van der Waals surface area contributed by atoms with E-state index >= 15 is 0 Å². The Kier molecular flexibility index (Phi) is 6.35. The summed E-state index contributed by atoms with van der Waals surface area (Å²) < 4.78 is -0.516. The number of benzene rings is 3. The van der Waals surface area contributed by atoms with Gasteiger partial charge in [0.25, 0.3) is 0 Å². The molecule has 1 atom stereocenters. The normalized spacial score (nSPS) is 13.8. The summed E-state index contributed by atoms with van der Waals surface area (Å²) in [6.45, 7) is 4.79. The topological polar surface area (TPSA) is 50.9 Å². The summed E-state index contributed by atoms with van der Waals surface area (Å²) in [4.78, 5) is 4.50. The van der Waals surface area contributed by atoms with Crippen LogP contribution in [0.25, 0.3) is 22.0 Å². The van der Waals surface area contributed by atoms with E-state index in [9.17, 15) is 0 Å². The quantitative estimate of drug-likeness (QED) is 0.163. The molecule has 4 aromatic rings. The molecule has 0 spiro atoms. The number of hydrogen-bond donors (Lipinski definition) is 2. The van der Waals surface area contributed by atoms with Gasteiger partial charge in [-0.2, -0.15) is 0 Å². The van der Waals surface area contributed by atoms with Crippen molar-refractivity contribution in [2.45, 2.75) is 29.5 Å². The third-order valence-corrected chi connectivity index (χ3v) is 8.15. The van der Waals surface area contributed by atoms with Gasteiger partial charge in [0.05, 0.1) is 5.52 Å². The van der Waals surface area contributed by atoms with Crippen molar-refractivity contribution in [2.75, 3.05) is 0 Å². The van der Waals surface area contributed by atoms with E-state index in [4.69, 9.17) is 17.3 Å². The van der Waals surface area contributed by atoms with Crippen molar-refractivity contribution in [2.24, 2.45) is 5.73 Å².